The summed E-state index contributed by atoms with van der Waals surface area (Å²) in [5.41, 5.74) is 1.47. The smallest absolute Gasteiger partial charge is 0.256 e. The van der Waals surface area contributed by atoms with Crippen molar-refractivity contribution in [3.8, 4) is 0 Å². The summed E-state index contributed by atoms with van der Waals surface area (Å²) in [6, 6.07) is 6.88. The van der Waals surface area contributed by atoms with Gasteiger partial charge in [0.1, 0.15) is 5.82 Å². The van der Waals surface area contributed by atoms with Crippen LogP contribution in [0.1, 0.15) is 15.9 Å². The first-order valence-electron chi connectivity index (χ1n) is 4.73. The van der Waals surface area contributed by atoms with E-state index in [1.807, 2.05) is 6.92 Å². The Labute approximate surface area is 97.6 Å². The van der Waals surface area contributed by atoms with Gasteiger partial charge in [0.2, 0.25) is 0 Å². The van der Waals surface area contributed by atoms with Crippen LogP contribution in [0.4, 0.5) is 5.82 Å². The van der Waals surface area contributed by atoms with Crippen LogP contribution in [0.3, 0.4) is 0 Å². The number of aromatic nitrogens is 2. The molecule has 2 aromatic rings. The molecular formula is C11H10ClN3O. The van der Waals surface area contributed by atoms with E-state index < -0.39 is 0 Å². The lowest BCUT2D eigenvalue weighted by Crippen LogP contribution is -2.12. The molecule has 0 aliphatic heterocycles. The lowest BCUT2D eigenvalue weighted by Gasteiger charge is -2.04. The molecule has 0 unspecified atom stereocenters. The third kappa shape index (κ3) is 2.41. The number of amides is 1. The Hall–Kier alpha value is -1.81. The summed E-state index contributed by atoms with van der Waals surface area (Å²) in [7, 11) is 0. The molecule has 2 N–H and O–H groups in total. The lowest BCUT2D eigenvalue weighted by atomic mass is 10.1. The molecule has 0 atom stereocenters. The number of nitrogens with one attached hydrogen (secondary N) is 2. The van der Waals surface area contributed by atoms with Crippen molar-refractivity contribution >= 4 is 23.3 Å². The van der Waals surface area contributed by atoms with E-state index in [0.29, 0.717) is 16.4 Å². The van der Waals surface area contributed by atoms with Gasteiger partial charge in [-0.15, -0.1) is 0 Å². The van der Waals surface area contributed by atoms with E-state index in [-0.39, 0.29) is 5.91 Å². The predicted octanol–water partition coefficient (Wildman–Crippen LogP) is 2.62. The van der Waals surface area contributed by atoms with Crippen LogP contribution in [0.5, 0.6) is 0 Å². The van der Waals surface area contributed by atoms with Crippen LogP contribution in [0, 0.1) is 6.92 Å². The largest absolute Gasteiger partial charge is 0.307 e. The molecule has 0 radical (unpaired) electrons. The maximum absolute atomic E-state index is 11.8. The van der Waals surface area contributed by atoms with E-state index in [9.17, 15) is 4.79 Å². The summed E-state index contributed by atoms with van der Waals surface area (Å²) in [4.78, 5) is 11.8. The van der Waals surface area contributed by atoms with Crippen LogP contribution in [0.2, 0.25) is 5.02 Å². The Morgan fingerprint density at radius 1 is 1.44 bits per heavy atom. The number of benzene rings is 1. The number of anilines is 1. The molecule has 16 heavy (non-hydrogen) atoms. The quantitative estimate of drug-likeness (QED) is 0.841. The van der Waals surface area contributed by atoms with E-state index in [1.54, 1.807) is 30.5 Å². The second-order valence-corrected chi connectivity index (χ2v) is 3.88. The van der Waals surface area contributed by atoms with Crippen molar-refractivity contribution < 1.29 is 4.79 Å². The summed E-state index contributed by atoms with van der Waals surface area (Å²) in [5.74, 6) is 0.345. The summed E-state index contributed by atoms with van der Waals surface area (Å²) >= 11 is 5.88. The highest BCUT2D eigenvalue weighted by molar-refractivity contribution is 6.31. The van der Waals surface area contributed by atoms with Crippen molar-refractivity contribution in [1.82, 2.24) is 10.2 Å². The normalized spacial score (nSPS) is 10.1. The van der Waals surface area contributed by atoms with Crippen molar-refractivity contribution in [2.45, 2.75) is 6.92 Å². The number of halogens is 1. The highest BCUT2D eigenvalue weighted by Crippen LogP contribution is 2.15. The van der Waals surface area contributed by atoms with Crippen molar-refractivity contribution in [3.63, 3.8) is 0 Å². The van der Waals surface area contributed by atoms with Gasteiger partial charge in [0.25, 0.3) is 5.91 Å². The minimum Gasteiger partial charge on any atom is -0.307 e. The van der Waals surface area contributed by atoms with Crippen LogP contribution in [-0.4, -0.2) is 16.1 Å². The Kier molecular flexibility index (Phi) is 2.92. The molecule has 0 saturated heterocycles. The number of hydrogen-bond donors (Lipinski definition) is 2. The lowest BCUT2D eigenvalue weighted by molar-refractivity contribution is 0.102. The molecule has 0 saturated carbocycles. The van der Waals surface area contributed by atoms with Crippen LogP contribution in [0.25, 0.3) is 0 Å². The Morgan fingerprint density at radius 2 is 2.25 bits per heavy atom. The third-order valence-electron chi connectivity index (χ3n) is 2.05. The van der Waals surface area contributed by atoms with Crippen molar-refractivity contribution in [2.75, 3.05) is 5.32 Å². The second kappa shape index (κ2) is 4.37. The SMILES string of the molecule is Cc1cc(Cl)cc(C(=O)Nc2ccn[nH]2)c1. The fourth-order valence-corrected chi connectivity index (χ4v) is 1.68. The van der Waals surface area contributed by atoms with Crippen LogP contribution < -0.4 is 5.32 Å². The molecule has 1 heterocycles. The van der Waals surface area contributed by atoms with Gasteiger partial charge in [-0.3, -0.25) is 9.89 Å². The first-order valence-corrected chi connectivity index (χ1v) is 5.11. The van der Waals surface area contributed by atoms with Gasteiger partial charge in [0.15, 0.2) is 0 Å². The maximum Gasteiger partial charge on any atom is 0.256 e. The molecule has 0 fully saturated rings. The Balaban J connectivity index is 2.21. The number of hydrogen-bond acceptors (Lipinski definition) is 2. The van der Waals surface area contributed by atoms with E-state index in [0.717, 1.165) is 5.56 Å². The number of aryl methyl sites for hydroxylation is 1. The topological polar surface area (TPSA) is 57.8 Å². The minimum atomic E-state index is -0.213. The Bertz CT molecular complexity index is 488. The van der Waals surface area contributed by atoms with Crippen molar-refractivity contribution in [1.29, 1.82) is 0 Å². The summed E-state index contributed by atoms with van der Waals surface area (Å²) in [5, 5.41) is 9.62. The van der Waals surface area contributed by atoms with Gasteiger partial charge in [0.05, 0.1) is 6.20 Å². The van der Waals surface area contributed by atoms with Gasteiger partial charge < -0.3 is 5.32 Å². The summed E-state index contributed by atoms with van der Waals surface area (Å²) in [6.45, 7) is 1.89. The number of rotatable bonds is 2. The van der Waals surface area contributed by atoms with E-state index in [4.69, 9.17) is 11.6 Å². The molecule has 0 bridgehead atoms. The highest BCUT2D eigenvalue weighted by atomic mass is 35.5. The van der Waals surface area contributed by atoms with E-state index >= 15 is 0 Å². The van der Waals surface area contributed by atoms with Crippen molar-refractivity contribution in [2.24, 2.45) is 0 Å². The zero-order valence-corrected chi connectivity index (χ0v) is 9.38. The molecule has 4 nitrogen and oxygen atoms in total. The van der Waals surface area contributed by atoms with E-state index in [2.05, 4.69) is 15.5 Å². The summed E-state index contributed by atoms with van der Waals surface area (Å²) < 4.78 is 0. The van der Waals surface area contributed by atoms with Crippen molar-refractivity contribution in [3.05, 3.63) is 46.6 Å². The zero-order valence-electron chi connectivity index (χ0n) is 8.62. The second-order valence-electron chi connectivity index (χ2n) is 3.44. The maximum atomic E-state index is 11.8. The van der Waals surface area contributed by atoms with Gasteiger partial charge >= 0.3 is 0 Å². The number of carbonyl (C=O) groups is 1. The highest BCUT2D eigenvalue weighted by Gasteiger charge is 2.07. The number of H-pyrrole nitrogens is 1. The Morgan fingerprint density at radius 3 is 2.88 bits per heavy atom. The van der Waals surface area contributed by atoms with Gasteiger partial charge in [0, 0.05) is 16.7 Å². The van der Waals surface area contributed by atoms with Gasteiger partial charge in [-0.25, -0.2) is 0 Å². The number of nitrogens with zero attached hydrogens (tertiary/aromatic N) is 1. The molecule has 5 heteroatoms. The van der Waals surface area contributed by atoms with Gasteiger partial charge in [-0.05, 0) is 30.7 Å². The van der Waals surface area contributed by atoms with Crippen LogP contribution in [-0.2, 0) is 0 Å². The zero-order chi connectivity index (χ0) is 11.5. The molecule has 0 spiro atoms. The molecule has 1 amide bonds. The first kappa shape index (κ1) is 10.7. The van der Waals surface area contributed by atoms with Crippen LogP contribution in [0.15, 0.2) is 30.5 Å². The first-order chi connectivity index (χ1) is 7.65. The molecule has 1 aromatic heterocycles. The predicted molar refractivity (Wildman–Crippen MR) is 62.7 cm³/mol. The molecular weight excluding hydrogens is 226 g/mol. The third-order valence-corrected chi connectivity index (χ3v) is 2.27. The van der Waals surface area contributed by atoms with Crippen LogP contribution >= 0.6 is 11.6 Å². The summed E-state index contributed by atoms with van der Waals surface area (Å²) in [6.07, 6.45) is 1.57. The monoisotopic (exact) mass is 235 g/mol. The standard InChI is InChI=1S/C11H10ClN3O/c1-7-4-8(6-9(12)5-7)11(16)14-10-2-3-13-15-10/h2-6H,1H3,(H2,13,14,15,16). The van der Waals surface area contributed by atoms with Gasteiger partial charge in [-0.2, -0.15) is 5.10 Å². The fourth-order valence-electron chi connectivity index (χ4n) is 1.39. The average Bonchev–Trinajstić information content (AvgIpc) is 2.68. The molecule has 0 aliphatic carbocycles. The number of aromatic amines is 1. The average molecular weight is 236 g/mol. The molecule has 1 aromatic carbocycles. The fraction of sp³-hybridized carbons (Fsp3) is 0.0909. The minimum absolute atomic E-state index is 0.213. The molecule has 0 aliphatic rings. The number of carbonyl (C=O) groups excluding carboxylic acids is 1. The van der Waals surface area contributed by atoms with Gasteiger partial charge in [-0.1, -0.05) is 11.6 Å². The van der Waals surface area contributed by atoms with E-state index in [1.165, 1.54) is 0 Å². The molecule has 82 valence electrons. The molecule has 2 rings (SSSR count).